The maximum absolute atomic E-state index is 14.2. The molecule has 0 atom stereocenters. The number of aromatic nitrogens is 1. The highest BCUT2D eigenvalue weighted by Crippen LogP contribution is 2.41. The molecule has 0 bridgehead atoms. The van der Waals surface area contributed by atoms with Crippen molar-refractivity contribution in [3.05, 3.63) is 195 Å². The molecule has 7 aromatic rings. The van der Waals surface area contributed by atoms with Crippen LogP contribution in [0, 0.1) is 0 Å². The first kappa shape index (κ1) is 62.5. The van der Waals surface area contributed by atoms with Gasteiger partial charge in [0.25, 0.3) is 5.69 Å². The van der Waals surface area contributed by atoms with Gasteiger partial charge in [0.1, 0.15) is 6.15 Å². The van der Waals surface area contributed by atoms with Gasteiger partial charge in [0.05, 0.1) is 51.1 Å². The number of pyridine rings is 1. The lowest BCUT2D eigenvalue weighted by Gasteiger charge is -2.46. The largest absolute Gasteiger partial charge is 0.458 e. The molecule has 0 aliphatic heterocycles. The Labute approximate surface area is 439 Å². The number of alkyl halides is 24. The third kappa shape index (κ3) is 14.1. The fourth-order valence-electron chi connectivity index (χ4n) is 8.75. The predicted octanol–water partition coefficient (Wildman–Crippen LogP) is 14.4. The summed E-state index contributed by atoms with van der Waals surface area (Å²) in [5.74, 6) is -0.480. The second-order valence-corrected chi connectivity index (χ2v) is 17.6. The highest BCUT2D eigenvalue weighted by Gasteiger charge is 2.47. The molecule has 4 nitrogen and oxygen atoms in total. The fraction of sp³-hybridized carbons (Fsp3) is 0.212. The number of ketones is 1. The summed E-state index contributed by atoms with van der Waals surface area (Å²) in [7, 11) is 0. The van der Waals surface area contributed by atoms with Crippen LogP contribution in [0.2, 0.25) is 0 Å². The molecule has 0 radical (unpaired) electrons. The summed E-state index contributed by atoms with van der Waals surface area (Å²) in [6, 6.07) is 11.5. The highest BCUT2D eigenvalue weighted by atomic mass is 19.4. The average Bonchev–Trinajstić information content (AvgIpc) is 3.35. The Balaban J connectivity index is 0.000000363. The van der Waals surface area contributed by atoms with E-state index in [-0.39, 0.29) is 18.9 Å². The normalized spacial score (nSPS) is 13.2. The molecule has 0 fully saturated rings. The molecule has 0 saturated carbocycles. The molecule has 432 valence electrons. The highest BCUT2D eigenvalue weighted by molar-refractivity contribution is 7.20. The number of Topliss-reactive ketones (excluding diaryl/α,β-unsaturated/α-hetero) is 1. The van der Waals surface area contributed by atoms with Crippen molar-refractivity contribution in [2.24, 2.45) is 0 Å². The SMILES string of the molecule is CCOC(=O)c1ccc2ccccc2[n+]1CC(=O)c1ccccc1.FC(F)(F)c1cc([B-](c2cc(C(F)(F)F)cc(C(F)(F)F)c2)(c2cc(C(F)(F)F)cc(C(F)(F)F)c2)c2cc(C(F)(F)F)cc(C(F)(F)F)c2)cc(C(F)(F)F)c1. The van der Waals surface area contributed by atoms with Crippen LogP contribution < -0.4 is 26.4 Å². The van der Waals surface area contributed by atoms with Crippen molar-refractivity contribution >= 4 is 50.7 Å². The van der Waals surface area contributed by atoms with Crippen molar-refractivity contribution in [3.63, 3.8) is 0 Å². The molecule has 1 aromatic heterocycles. The number of para-hydroxylation sites is 1. The maximum Gasteiger partial charge on any atom is 0.416 e. The summed E-state index contributed by atoms with van der Waals surface area (Å²) in [4.78, 5) is 24.9. The molecule has 29 heteroatoms. The molecule has 7 rings (SSSR count). The van der Waals surface area contributed by atoms with E-state index in [0.29, 0.717) is 11.3 Å². The Morgan fingerprint density at radius 2 is 0.667 bits per heavy atom. The molecule has 0 amide bonds. The van der Waals surface area contributed by atoms with Gasteiger partial charge in [-0.1, -0.05) is 91.0 Å². The summed E-state index contributed by atoms with van der Waals surface area (Å²) in [5.41, 5.74) is -28.4. The lowest BCUT2D eigenvalue weighted by Crippen LogP contribution is -2.75. The van der Waals surface area contributed by atoms with E-state index in [0.717, 1.165) is 10.9 Å². The van der Waals surface area contributed by atoms with Gasteiger partial charge in [-0.3, -0.25) is 4.79 Å². The smallest absolute Gasteiger partial charge is 0.416 e. The van der Waals surface area contributed by atoms with Crippen molar-refractivity contribution in [2.75, 3.05) is 6.61 Å². The predicted molar refractivity (Wildman–Crippen MR) is 241 cm³/mol. The van der Waals surface area contributed by atoms with Crippen LogP contribution in [0.25, 0.3) is 10.9 Å². The summed E-state index contributed by atoms with van der Waals surface area (Å²) in [6.45, 7) is 2.14. The first-order valence-corrected chi connectivity index (χ1v) is 22.5. The molecule has 1 heterocycles. The minimum absolute atomic E-state index is 0.0532. The van der Waals surface area contributed by atoms with Crippen molar-refractivity contribution in [1.29, 1.82) is 0 Å². The van der Waals surface area contributed by atoms with Crippen LogP contribution in [0.1, 0.15) is 72.3 Å². The van der Waals surface area contributed by atoms with E-state index in [2.05, 4.69) is 0 Å². The van der Waals surface area contributed by atoms with E-state index in [1.54, 1.807) is 29.7 Å². The van der Waals surface area contributed by atoms with E-state index in [1.165, 1.54) is 0 Å². The van der Waals surface area contributed by atoms with Gasteiger partial charge in [0.15, 0.2) is 0 Å². The number of nitrogens with zero attached hydrogens (tertiary/aromatic N) is 1. The van der Waals surface area contributed by atoms with Gasteiger partial charge in [-0.25, -0.2) is 4.79 Å². The van der Waals surface area contributed by atoms with E-state index in [9.17, 15) is 115 Å². The number of hydrogen-bond donors (Lipinski definition) is 0. The topological polar surface area (TPSA) is 47.2 Å². The Bertz CT molecular complexity index is 3020. The third-order valence-corrected chi connectivity index (χ3v) is 12.3. The minimum atomic E-state index is -6.13. The van der Waals surface area contributed by atoms with Crippen LogP contribution in [0.4, 0.5) is 105 Å². The molecule has 6 aromatic carbocycles. The van der Waals surface area contributed by atoms with Crippen LogP contribution in [-0.2, 0) is 60.7 Å². The number of fused-ring (bicyclic) bond motifs is 1. The van der Waals surface area contributed by atoms with Gasteiger partial charge < -0.3 is 4.74 Å². The standard InChI is InChI=1S/C32H12BF24.C20H18NO3/c34-25(35,36)13-1-14(26(37,38)39)6-21(5-13)33(22-7-15(27(40,41)42)2-16(8-22)28(43,44)45,23-9-17(29(46,47)48)3-18(10-23)30(49,50)51)24-11-19(31(52,53)54)4-20(12-24)32(55,56)57;1-2-24-20(23)18-13-12-15-8-6-7-11-17(15)21(18)14-19(22)16-9-4-3-5-10-16/h1-12H;3-13H,2,14H2,1H3/q-1;+1. The Hall–Kier alpha value is -7.75. The fourth-order valence-corrected chi connectivity index (χ4v) is 8.75. The number of carbonyl (C=O) groups excluding carboxylic acids is 2. The number of esters is 1. The maximum atomic E-state index is 14.2. The minimum Gasteiger partial charge on any atom is -0.458 e. The number of halogens is 24. The van der Waals surface area contributed by atoms with Crippen LogP contribution in [0.15, 0.2) is 140 Å². The van der Waals surface area contributed by atoms with Gasteiger partial charge >= 0.3 is 55.4 Å². The molecule has 0 aliphatic rings. The summed E-state index contributed by atoms with van der Waals surface area (Å²) >= 11 is 0. The lowest BCUT2D eigenvalue weighted by molar-refractivity contribution is -0.659. The summed E-state index contributed by atoms with van der Waals surface area (Å²) in [6.07, 6.45) is -54.8. The number of ether oxygens (including phenoxy) is 1. The Kier molecular flexibility index (Phi) is 16.9. The van der Waals surface area contributed by atoms with E-state index < -0.39 is 201 Å². The summed E-state index contributed by atoms with van der Waals surface area (Å²) in [5, 5.41) is 0.964. The molecule has 81 heavy (non-hydrogen) atoms. The number of carbonyl (C=O) groups is 2. The number of rotatable bonds is 9. The number of hydrogen-bond acceptors (Lipinski definition) is 3. The zero-order chi connectivity index (χ0) is 60.9. The second kappa shape index (κ2) is 22.0. The van der Waals surface area contributed by atoms with Crippen LogP contribution in [0.5, 0.6) is 0 Å². The Morgan fingerprint density at radius 1 is 0.383 bits per heavy atom. The average molecular weight is 1180 g/mol. The van der Waals surface area contributed by atoms with Crippen molar-refractivity contribution in [1.82, 2.24) is 0 Å². The molecular weight excluding hydrogens is 1150 g/mol. The van der Waals surface area contributed by atoms with Gasteiger partial charge in [-0.15, -0.1) is 0 Å². The molecule has 0 spiro atoms. The van der Waals surface area contributed by atoms with E-state index >= 15 is 0 Å². The number of benzene rings is 6. The van der Waals surface area contributed by atoms with Crippen LogP contribution >= 0.6 is 0 Å². The van der Waals surface area contributed by atoms with Crippen molar-refractivity contribution in [3.8, 4) is 0 Å². The Morgan fingerprint density at radius 3 is 0.951 bits per heavy atom. The van der Waals surface area contributed by atoms with E-state index in [4.69, 9.17) is 4.74 Å². The van der Waals surface area contributed by atoms with Gasteiger partial charge in [-0.05, 0) is 43.3 Å². The molecule has 0 N–H and O–H groups in total. The second-order valence-electron chi connectivity index (χ2n) is 17.6. The van der Waals surface area contributed by atoms with Gasteiger partial charge in [0.2, 0.25) is 17.8 Å². The third-order valence-electron chi connectivity index (χ3n) is 12.3. The zero-order valence-electron chi connectivity index (χ0n) is 40.0. The van der Waals surface area contributed by atoms with Crippen LogP contribution in [-0.4, -0.2) is 24.5 Å². The van der Waals surface area contributed by atoms with E-state index in [1.807, 2.05) is 48.5 Å². The zero-order valence-corrected chi connectivity index (χ0v) is 40.0. The molecular formula is C52H30BF24NO3. The van der Waals surface area contributed by atoms with Gasteiger partial charge in [-0.2, -0.15) is 132 Å². The monoisotopic (exact) mass is 1180 g/mol. The first-order chi connectivity index (χ1) is 37.0. The molecule has 0 saturated heterocycles. The summed E-state index contributed by atoms with van der Waals surface area (Å²) < 4.78 is 348. The first-order valence-electron chi connectivity index (χ1n) is 22.5. The molecule has 0 aliphatic carbocycles. The molecule has 0 unspecified atom stereocenters. The lowest BCUT2D eigenvalue weighted by atomic mass is 9.12. The quantitative estimate of drug-likeness (QED) is 0.0476. The van der Waals surface area contributed by atoms with Crippen molar-refractivity contribution in [2.45, 2.75) is 62.9 Å². The van der Waals surface area contributed by atoms with Crippen molar-refractivity contribution < 1.29 is 124 Å². The van der Waals surface area contributed by atoms with Gasteiger partial charge in [0, 0.05) is 23.1 Å². The van der Waals surface area contributed by atoms with Crippen LogP contribution in [0.3, 0.4) is 0 Å².